The Bertz CT molecular complexity index is 551. The number of nitrogens with zero attached hydrogens (tertiary/aromatic N) is 1. The summed E-state index contributed by atoms with van der Waals surface area (Å²) in [6, 6.07) is 10.9. The largest absolute Gasteiger partial charge is 0.322 e. The van der Waals surface area contributed by atoms with E-state index in [-0.39, 0.29) is 5.91 Å². The van der Waals surface area contributed by atoms with Crippen molar-refractivity contribution >= 4 is 17.4 Å². The van der Waals surface area contributed by atoms with Gasteiger partial charge in [0, 0.05) is 11.9 Å². The maximum atomic E-state index is 12.0. The van der Waals surface area contributed by atoms with Crippen LogP contribution in [0.15, 0.2) is 42.6 Å². The number of nitrogens with two attached hydrogens (primary N) is 1. The zero-order valence-corrected chi connectivity index (χ0v) is 9.97. The first-order valence-electron chi connectivity index (χ1n) is 5.50. The Morgan fingerprint density at radius 3 is 2.61 bits per heavy atom. The number of hydrazine groups is 1. The fourth-order valence-electron chi connectivity index (χ4n) is 1.54. The van der Waals surface area contributed by atoms with Gasteiger partial charge in [0.05, 0.1) is 5.56 Å². The van der Waals surface area contributed by atoms with Crippen molar-refractivity contribution in [2.75, 3.05) is 10.7 Å². The molecule has 1 aromatic heterocycles. The van der Waals surface area contributed by atoms with Gasteiger partial charge in [-0.05, 0) is 31.2 Å². The number of pyridine rings is 1. The molecule has 0 saturated carbocycles. The molecule has 18 heavy (non-hydrogen) atoms. The Balaban J connectivity index is 2.19. The molecule has 5 nitrogen and oxygen atoms in total. The van der Waals surface area contributed by atoms with E-state index in [2.05, 4.69) is 15.7 Å². The normalized spacial score (nSPS) is 9.89. The summed E-state index contributed by atoms with van der Waals surface area (Å²) in [6.45, 7) is 1.99. The van der Waals surface area contributed by atoms with Crippen molar-refractivity contribution in [1.29, 1.82) is 0 Å². The first kappa shape index (κ1) is 12.1. The van der Waals surface area contributed by atoms with E-state index in [0.29, 0.717) is 11.4 Å². The van der Waals surface area contributed by atoms with Crippen molar-refractivity contribution in [2.45, 2.75) is 6.92 Å². The molecule has 0 atom stereocenters. The Labute approximate surface area is 105 Å². The van der Waals surface area contributed by atoms with Crippen molar-refractivity contribution in [3.05, 3.63) is 53.7 Å². The Morgan fingerprint density at radius 1 is 1.22 bits per heavy atom. The number of aromatic nitrogens is 1. The minimum atomic E-state index is -0.250. The van der Waals surface area contributed by atoms with Gasteiger partial charge in [0.1, 0.15) is 0 Å². The second-order valence-corrected chi connectivity index (χ2v) is 3.86. The number of nitrogens with one attached hydrogen (secondary N) is 2. The zero-order valence-electron chi connectivity index (χ0n) is 9.97. The molecule has 4 N–H and O–H groups in total. The Kier molecular flexibility index (Phi) is 3.54. The first-order chi connectivity index (χ1) is 8.70. The van der Waals surface area contributed by atoms with Crippen LogP contribution in [0.1, 0.15) is 15.9 Å². The van der Waals surface area contributed by atoms with Gasteiger partial charge in [-0.2, -0.15) is 0 Å². The highest BCUT2D eigenvalue weighted by molar-refractivity contribution is 6.07. The van der Waals surface area contributed by atoms with Crippen LogP contribution in [-0.2, 0) is 0 Å². The topological polar surface area (TPSA) is 80.0 Å². The number of carbonyl (C=O) groups excluding carboxylic acids is 1. The van der Waals surface area contributed by atoms with Crippen molar-refractivity contribution in [1.82, 2.24) is 4.98 Å². The average Bonchev–Trinajstić information content (AvgIpc) is 2.41. The number of hydrogen-bond donors (Lipinski definition) is 3. The molecule has 2 rings (SSSR count). The molecule has 1 amide bonds. The lowest BCUT2D eigenvalue weighted by atomic mass is 10.2. The van der Waals surface area contributed by atoms with Gasteiger partial charge < -0.3 is 10.7 Å². The highest BCUT2D eigenvalue weighted by atomic mass is 16.1. The number of amides is 1. The molecular formula is C13H14N4O. The van der Waals surface area contributed by atoms with Gasteiger partial charge >= 0.3 is 0 Å². The molecule has 0 radical (unpaired) electrons. The summed E-state index contributed by atoms with van der Waals surface area (Å²) in [5, 5.41) is 2.79. The van der Waals surface area contributed by atoms with E-state index in [1.807, 2.05) is 31.2 Å². The highest BCUT2D eigenvalue weighted by Crippen LogP contribution is 2.14. The maximum Gasteiger partial charge on any atom is 0.259 e. The minimum absolute atomic E-state index is 0.250. The molecule has 0 saturated heterocycles. The summed E-state index contributed by atoms with van der Waals surface area (Å²) in [5.74, 6) is 5.41. The summed E-state index contributed by atoms with van der Waals surface area (Å²) in [5.41, 5.74) is 4.67. The minimum Gasteiger partial charge on any atom is -0.322 e. The van der Waals surface area contributed by atoms with Gasteiger partial charge in [0.15, 0.2) is 5.82 Å². The van der Waals surface area contributed by atoms with Crippen LogP contribution in [0.3, 0.4) is 0 Å². The fraction of sp³-hybridized carbons (Fsp3) is 0.0769. The summed E-state index contributed by atoms with van der Waals surface area (Å²) < 4.78 is 0. The first-order valence-corrected chi connectivity index (χ1v) is 5.50. The van der Waals surface area contributed by atoms with Crippen LogP contribution in [0, 0.1) is 6.92 Å². The highest BCUT2D eigenvalue weighted by Gasteiger charge is 2.11. The number of nitrogen functional groups attached to an aromatic ring is 1. The second-order valence-electron chi connectivity index (χ2n) is 3.86. The lowest BCUT2D eigenvalue weighted by molar-refractivity contribution is 0.102. The lowest BCUT2D eigenvalue weighted by Gasteiger charge is -2.08. The molecule has 0 bridgehead atoms. The van der Waals surface area contributed by atoms with Crippen LogP contribution >= 0.6 is 0 Å². The van der Waals surface area contributed by atoms with E-state index < -0.39 is 0 Å². The molecule has 2 aromatic rings. The van der Waals surface area contributed by atoms with E-state index in [4.69, 9.17) is 5.84 Å². The average molecular weight is 242 g/mol. The van der Waals surface area contributed by atoms with Gasteiger partial charge in [-0.1, -0.05) is 17.7 Å². The zero-order chi connectivity index (χ0) is 13.0. The Hall–Kier alpha value is -2.40. The SMILES string of the molecule is Cc1ccc(NC(=O)c2cccnc2NN)cc1. The smallest absolute Gasteiger partial charge is 0.259 e. The van der Waals surface area contributed by atoms with E-state index in [9.17, 15) is 4.79 Å². The standard InChI is InChI=1S/C13H14N4O/c1-9-4-6-10(7-5-9)16-13(18)11-3-2-8-15-12(11)17-14/h2-8H,14H2,1H3,(H,15,17)(H,16,18). The van der Waals surface area contributed by atoms with Gasteiger partial charge in [0.2, 0.25) is 0 Å². The monoisotopic (exact) mass is 242 g/mol. The van der Waals surface area contributed by atoms with Crippen molar-refractivity contribution < 1.29 is 4.79 Å². The third-order valence-electron chi connectivity index (χ3n) is 2.50. The number of carbonyl (C=O) groups is 1. The van der Waals surface area contributed by atoms with E-state index >= 15 is 0 Å². The predicted molar refractivity (Wildman–Crippen MR) is 71.2 cm³/mol. The molecule has 92 valence electrons. The molecule has 0 aliphatic rings. The number of aryl methyl sites for hydroxylation is 1. The van der Waals surface area contributed by atoms with Crippen molar-refractivity contribution in [3.63, 3.8) is 0 Å². The molecule has 0 spiro atoms. The second kappa shape index (κ2) is 5.29. The quantitative estimate of drug-likeness (QED) is 0.567. The van der Waals surface area contributed by atoms with Gasteiger partial charge in [-0.3, -0.25) is 4.79 Å². The van der Waals surface area contributed by atoms with Crippen LogP contribution in [0.2, 0.25) is 0 Å². The maximum absolute atomic E-state index is 12.0. The summed E-state index contributed by atoms with van der Waals surface area (Å²) in [7, 11) is 0. The van der Waals surface area contributed by atoms with Crippen LogP contribution in [0.25, 0.3) is 0 Å². The van der Waals surface area contributed by atoms with Crippen molar-refractivity contribution in [3.8, 4) is 0 Å². The van der Waals surface area contributed by atoms with Crippen LogP contribution in [0.4, 0.5) is 11.5 Å². The molecule has 1 heterocycles. The molecule has 0 unspecified atom stereocenters. The molecule has 1 aromatic carbocycles. The van der Waals surface area contributed by atoms with E-state index in [1.54, 1.807) is 18.3 Å². The Morgan fingerprint density at radius 2 is 1.94 bits per heavy atom. The summed E-state index contributed by atoms with van der Waals surface area (Å²) in [4.78, 5) is 16.0. The predicted octanol–water partition coefficient (Wildman–Crippen LogP) is 1.93. The number of hydrogen-bond acceptors (Lipinski definition) is 4. The van der Waals surface area contributed by atoms with Gasteiger partial charge in [-0.15, -0.1) is 0 Å². The van der Waals surface area contributed by atoms with Crippen molar-refractivity contribution in [2.24, 2.45) is 5.84 Å². The molecule has 0 aliphatic heterocycles. The van der Waals surface area contributed by atoms with Gasteiger partial charge in [0.25, 0.3) is 5.91 Å². The molecule has 5 heteroatoms. The van der Waals surface area contributed by atoms with Crippen LogP contribution in [0.5, 0.6) is 0 Å². The third kappa shape index (κ3) is 2.64. The fourth-order valence-corrected chi connectivity index (χ4v) is 1.54. The van der Waals surface area contributed by atoms with E-state index in [0.717, 1.165) is 11.3 Å². The third-order valence-corrected chi connectivity index (χ3v) is 2.50. The molecular weight excluding hydrogens is 228 g/mol. The van der Waals surface area contributed by atoms with Crippen LogP contribution in [-0.4, -0.2) is 10.9 Å². The molecule has 0 fully saturated rings. The summed E-state index contributed by atoms with van der Waals surface area (Å²) in [6.07, 6.45) is 1.57. The van der Waals surface area contributed by atoms with E-state index in [1.165, 1.54) is 0 Å². The number of benzene rings is 1. The molecule has 0 aliphatic carbocycles. The number of anilines is 2. The van der Waals surface area contributed by atoms with Crippen LogP contribution < -0.4 is 16.6 Å². The lowest BCUT2D eigenvalue weighted by Crippen LogP contribution is -2.18. The summed E-state index contributed by atoms with van der Waals surface area (Å²) >= 11 is 0. The number of rotatable bonds is 3. The van der Waals surface area contributed by atoms with Gasteiger partial charge in [-0.25, -0.2) is 10.8 Å².